The molecule has 0 aliphatic carbocycles. The lowest BCUT2D eigenvalue weighted by atomic mass is 10.1. The second-order valence-corrected chi connectivity index (χ2v) is 9.73. The van der Waals surface area contributed by atoms with Crippen molar-refractivity contribution in [2.45, 2.75) is 31.2 Å². The molecule has 9 heteroatoms. The third-order valence-corrected chi connectivity index (χ3v) is 7.15. The van der Waals surface area contributed by atoms with Gasteiger partial charge in [0, 0.05) is 11.7 Å². The molecule has 1 heterocycles. The van der Waals surface area contributed by atoms with Crippen LogP contribution >= 0.6 is 0 Å². The number of amides is 1. The number of hydrogen-bond acceptors (Lipinski definition) is 5. The van der Waals surface area contributed by atoms with Gasteiger partial charge in [-0.15, -0.1) is 0 Å². The van der Waals surface area contributed by atoms with Crippen molar-refractivity contribution >= 4 is 33.3 Å². The first-order chi connectivity index (χ1) is 16.2. The van der Waals surface area contributed by atoms with Crippen LogP contribution in [0.5, 0.6) is 0 Å². The van der Waals surface area contributed by atoms with Crippen LogP contribution in [0.25, 0.3) is 0 Å². The molecule has 7 nitrogen and oxygen atoms in total. The summed E-state index contributed by atoms with van der Waals surface area (Å²) in [6, 6.07) is 16.7. The van der Waals surface area contributed by atoms with Gasteiger partial charge in [-0.25, -0.2) is 17.6 Å². The standard InChI is InChI=1S/C25H23FN2O5S/c1-16-13-19(26)11-12-23(16)34(31,32)27-21-9-5-4-8-20(21)25(30)33-15-24(29)28-17(2)14-18-7-3-6-10-22(18)28/h3-13,17,27H,14-15H2,1-2H3. The van der Waals surface area contributed by atoms with E-state index < -0.39 is 28.4 Å². The second-order valence-electron chi connectivity index (χ2n) is 8.08. The van der Waals surface area contributed by atoms with Crippen LogP contribution in [-0.4, -0.2) is 32.9 Å². The normalized spacial score (nSPS) is 15.0. The summed E-state index contributed by atoms with van der Waals surface area (Å²) in [5, 5.41) is 0. The van der Waals surface area contributed by atoms with Crippen molar-refractivity contribution in [2.75, 3.05) is 16.2 Å². The highest BCUT2D eigenvalue weighted by Gasteiger charge is 2.31. The van der Waals surface area contributed by atoms with Crippen molar-refractivity contribution in [2.24, 2.45) is 0 Å². The fourth-order valence-electron chi connectivity index (χ4n) is 4.08. The molecule has 0 fully saturated rings. The molecule has 0 spiro atoms. The smallest absolute Gasteiger partial charge is 0.340 e. The zero-order valence-electron chi connectivity index (χ0n) is 18.6. The van der Waals surface area contributed by atoms with Crippen molar-refractivity contribution in [3.8, 4) is 0 Å². The Labute approximate surface area is 197 Å². The SMILES string of the molecule is Cc1cc(F)ccc1S(=O)(=O)Nc1ccccc1C(=O)OCC(=O)N1c2ccccc2CC1C. The number of aryl methyl sites for hydroxylation is 1. The number of hydrogen-bond donors (Lipinski definition) is 1. The van der Waals surface area contributed by atoms with Gasteiger partial charge < -0.3 is 9.64 Å². The van der Waals surface area contributed by atoms with Crippen LogP contribution < -0.4 is 9.62 Å². The fraction of sp³-hybridized carbons (Fsp3) is 0.200. The number of ether oxygens (including phenoxy) is 1. The van der Waals surface area contributed by atoms with Crippen LogP contribution in [0.2, 0.25) is 0 Å². The Kier molecular flexibility index (Phi) is 6.39. The molecule has 0 radical (unpaired) electrons. The molecule has 1 N–H and O–H groups in total. The minimum atomic E-state index is -4.10. The topological polar surface area (TPSA) is 92.8 Å². The Bertz CT molecular complexity index is 1370. The number of nitrogens with one attached hydrogen (secondary N) is 1. The summed E-state index contributed by atoms with van der Waals surface area (Å²) in [5.41, 5.74) is 2.00. The van der Waals surface area contributed by atoms with Crippen LogP contribution in [0.15, 0.2) is 71.6 Å². The predicted molar refractivity (Wildman–Crippen MR) is 126 cm³/mol. The highest BCUT2D eigenvalue weighted by molar-refractivity contribution is 7.92. The third kappa shape index (κ3) is 4.65. The Morgan fingerprint density at radius 2 is 1.79 bits per heavy atom. The van der Waals surface area contributed by atoms with E-state index in [1.165, 1.54) is 19.1 Å². The van der Waals surface area contributed by atoms with Crippen LogP contribution in [0.4, 0.5) is 15.8 Å². The van der Waals surface area contributed by atoms with Gasteiger partial charge in [-0.1, -0.05) is 30.3 Å². The first-order valence-corrected chi connectivity index (χ1v) is 12.1. The van der Waals surface area contributed by atoms with Crippen molar-refractivity contribution in [3.05, 3.63) is 89.2 Å². The van der Waals surface area contributed by atoms with Gasteiger partial charge in [-0.05, 0) is 67.8 Å². The van der Waals surface area contributed by atoms with Crippen LogP contribution in [0.1, 0.15) is 28.4 Å². The number of esters is 1. The highest BCUT2D eigenvalue weighted by atomic mass is 32.2. The Morgan fingerprint density at radius 1 is 1.09 bits per heavy atom. The minimum absolute atomic E-state index is 0.0106. The number of rotatable bonds is 6. The molecule has 0 saturated carbocycles. The maximum Gasteiger partial charge on any atom is 0.340 e. The molecule has 34 heavy (non-hydrogen) atoms. The van der Waals surface area contributed by atoms with E-state index in [4.69, 9.17) is 4.74 Å². The van der Waals surface area contributed by atoms with Gasteiger partial charge in [-0.2, -0.15) is 0 Å². The summed E-state index contributed by atoms with van der Waals surface area (Å²) in [7, 11) is -4.10. The first kappa shape index (κ1) is 23.4. The Balaban J connectivity index is 1.49. The quantitative estimate of drug-likeness (QED) is 0.535. The molecular formula is C25H23FN2O5S. The van der Waals surface area contributed by atoms with Gasteiger partial charge in [0.05, 0.1) is 16.1 Å². The number of sulfonamides is 1. The predicted octanol–water partition coefficient (Wildman–Crippen LogP) is 4.07. The van der Waals surface area contributed by atoms with Gasteiger partial charge >= 0.3 is 5.97 Å². The van der Waals surface area contributed by atoms with E-state index in [9.17, 15) is 22.4 Å². The van der Waals surface area contributed by atoms with Crippen molar-refractivity contribution in [1.82, 2.24) is 0 Å². The number of nitrogens with zero attached hydrogens (tertiary/aromatic N) is 1. The van der Waals surface area contributed by atoms with Crippen molar-refractivity contribution in [3.63, 3.8) is 0 Å². The van der Waals surface area contributed by atoms with Gasteiger partial charge in [0.25, 0.3) is 15.9 Å². The summed E-state index contributed by atoms with van der Waals surface area (Å²) >= 11 is 0. The largest absolute Gasteiger partial charge is 0.452 e. The second kappa shape index (κ2) is 9.26. The van der Waals surface area contributed by atoms with E-state index >= 15 is 0 Å². The highest BCUT2D eigenvalue weighted by Crippen LogP contribution is 2.32. The fourth-order valence-corrected chi connectivity index (χ4v) is 5.39. The molecule has 0 aromatic heterocycles. The van der Waals surface area contributed by atoms with Crippen molar-refractivity contribution < 1.29 is 27.1 Å². The summed E-state index contributed by atoms with van der Waals surface area (Å²) in [6.45, 7) is 2.90. The molecule has 176 valence electrons. The number of benzene rings is 3. The molecule has 1 unspecified atom stereocenters. The number of halogens is 1. The van der Waals surface area contributed by atoms with E-state index in [2.05, 4.69) is 4.72 Å². The Hall–Kier alpha value is -3.72. The van der Waals surface area contributed by atoms with E-state index in [0.29, 0.717) is 6.42 Å². The third-order valence-electron chi connectivity index (χ3n) is 5.62. The van der Waals surface area contributed by atoms with Crippen LogP contribution in [0, 0.1) is 12.7 Å². The molecule has 4 rings (SSSR count). The molecule has 1 atom stereocenters. The molecule has 1 aliphatic heterocycles. The van der Waals surface area contributed by atoms with Crippen LogP contribution in [-0.2, 0) is 26.0 Å². The monoisotopic (exact) mass is 482 g/mol. The summed E-state index contributed by atoms with van der Waals surface area (Å²) in [5.74, 6) is -1.77. The average Bonchev–Trinajstić information content (AvgIpc) is 3.12. The number of para-hydroxylation sites is 2. The zero-order valence-corrected chi connectivity index (χ0v) is 19.4. The molecule has 3 aromatic rings. The number of anilines is 2. The molecule has 1 aliphatic rings. The lowest BCUT2D eigenvalue weighted by molar-refractivity contribution is -0.122. The molecule has 1 amide bonds. The van der Waals surface area contributed by atoms with E-state index in [1.54, 1.807) is 17.0 Å². The average molecular weight is 483 g/mol. The molecular weight excluding hydrogens is 459 g/mol. The summed E-state index contributed by atoms with van der Waals surface area (Å²) in [6.07, 6.45) is 0.712. The lowest BCUT2D eigenvalue weighted by Gasteiger charge is -2.22. The van der Waals surface area contributed by atoms with E-state index in [1.807, 2.05) is 31.2 Å². The minimum Gasteiger partial charge on any atom is -0.452 e. The number of carbonyl (C=O) groups is 2. The number of fused-ring (bicyclic) bond motifs is 1. The van der Waals surface area contributed by atoms with Crippen molar-refractivity contribution in [1.29, 1.82) is 0 Å². The van der Waals surface area contributed by atoms with Gasteiger partial charge in [0.2, 0.25) is 0 Å². The van der Waals surface area contributed by atoms with Crippen LogP contribution in [0.3, 0.4) is 0 Å². The van der Waals surface area contributed by atoms with Gasteiger partial charge in [0.1, 0.15) is 5.82 Å². The van der Waals surface area contributed by atoms with E-state index in [0.717, 1.165) is 29.4 Å². The van der Waals surface area contributed by atoms with E-state index in [-0.39, 0.29) is 33.7 Å². The maximum atomic E-state index is 13.4. The molecule has 3 aromatic carbocycles. The van der Waals surface area contributed by atoms with Gasteiger partial charge in [-0.3, -0.25) is 9.52 Å². The first-order valence-electron chi connectivity index (χ1n) is 10.6. The maximum absolute atomic E-state index is 13.4. The van der Waals surface area contributed by atoms with Gasteiger partial charge in [0.15, 0.2) is 6.61 Å². The summed E-state index contributed by atoms with van der Waals surface area (Å²) in [4.78, 5) is 27.1. The number of carbonyl (C=O) groups excluding carboxylic acids is 2. The summed E-state index contributed by atoms with van der Waals surface area (Å²) < 4.78 is 46.7. The lowest BCUT2D eigenvalue weighted by Crippen LogP contribution is -2.38. The molecule has 0 saturated heterocycles. The Morgan fingerprint density at radius 3 is 2.56 bits per heavy atom. The molecule has 0 bridgehead atoms. The zero-order chi connectivity index (χ0) is 24.5.